The maximum atomic E-state index is 12.9. The fourth-order valence-electron chi connectivity index (χ4n) is 2.56. The van der Waals surface area contributed by atoms with Gasteiger partial charge in [0.25, 0.3) is 0 Å². The molecule has 0 spiro atoms. The van der Waals surface area contributed by atoms with E-state index in [0.29, 0.717) is 16.7 Å². The lowest BCUT2D eigenvalue weighted by atomic mass is 10.2. The van der Waals surface area contributed by atoms with E-state index in [4.69, 9.17) is 0 Å². The number of benzene rings is 1. The van der Waals surface area contributed by atoms with Gasteiger partial charge >= 0.3 is 0 Å². The number of rotatable bonds is 5. The van der Waals surface area contributed by atoms with Crippen molar-refractivity contribution in [3.63, 3.8) is 0 Å². The summed E-state index contributed by atoms with van der Waals surface area (Å²) in [4.78, 5) is 9.08. The molecule has 0 bridgehead atoms. The minimum absolute atomic E-state index is 0.248. The lowest BCUT2D eigenvalue weighted by molar-refractivity contribution is 0.628. The maximum absolute atomic E-state index is 12.9. The van der Waals surface area contributed by atoms with E-state index in [9.17, 15) is 4.39 Å². The third-order valence-electron chi connectivity index (χ3n) is 3.86. The normalized spacial score (nSPS) is 11.6. The van der Waals surface area contributed by atoms with Crippen LogP contribution in [0.15, 0.2) is 53.9 Å². The molecule has 0 amide bonds. The lowest BCUT2D eigenvalue weighted by Crippen LogP contribution is -1.84. The molecule has 26 heavy (non-hydrogen) atoms. The molecule has 5 nitrogen and oxygen atoms in total. The highest BCUT2D eigenvalue weighted by atomic mass is 32.2. The van der Waals surface area contributed by atoms with Crippen LogP contribution < -0.4 is 0 Å². The minimum Gasteiger partial charge on any atom is -0.307 e. The second kappa shape index (κ2) is 7.13. The molecule has 1 N–H and O–H groups in total. The lowest BCUT2D eigenvalue weighted by Gasteiger charge is -1.94. The Bertz CT molecular complexity index is 1070. The van der Waals surface area contributed by atoms with Crippen LogP contribution in [-0.4, -0.2) is 24.6 Å². The Hall–Kier alpha value is -2.93. The van der Waals surface area contributed by atoms with E-state index in [-0.39, 0.29) is 5.82 Å². The molecule has 0 fully saturated rings. The Kier molecular flexibility index (Phi) is 4.53. The molecule has 4 rings (SSSR count). The number of hydrogen-bond acceptors (Lipinski definition) is 4. The van der Waals surface area contributed by atoms with Crippen molar-refractivity contribution in [1.82, 2.24) is 24.6 Å². The van der Waals surface area contributed by atoms with Crippen molar-refractivity contribution in [3.8, 4) is 0 Å². The van der Waals surface area contributed by atoms with Gasteiger partial charge in [-0.05, 0) is 42.3 Å². The van der Waals surface area contributed by atoms with Gasteiger partial charge in [0.2, 0.25) is 5.16 Å². The highest BCUT2D eigenvalue weighted by Gasteiger charge is 2.07. The standard InChI is InChI=1S/C19H16FN5S/c1-13-3-2-10-25-11-16(21-18(13)25)12-26-19-22-17(23-24-19)9-6-14-4-7-15(20)8-5-14/h2-11H,12H2,1H3,(H,22,23,24). The van der Waals surface area contributed by atoms with E-state index in [0.717, 1.165) is 22.5 Å². The smallest absolute Gasteiger partial charge is 0.209 e. The van der Waals surface area contributed by atoms with Gasteiger partial charge < -0.3 is 4.40 Å². The number of H-pyrrole nitrogens is 1. The van der Waals surface area contributed by atoms with Gasteiger partial charge in [0, 0.05) is 18.1 Å². The Morgan fingerprint density at radius 3 is 2.81 bits per heavy atom. The van der Waals surface area contributed by atoms with Crippen LogP contribution in [0.4, 0.5) is 4.39 Å². The zero-order chi connectivity index (χ0) is 17.9. The first kappa shape index (κ1) is 16.5. The van der Waals surface area contributed by atoms with Gasteiger partial charge in [-0.2, -0.15) is 0 Å². The predicted molar refractivity (Wildman–Crippen MR) is 101 cm³/mol. The molecule has 3 aromatic heterocycles. The van der Waals surface area contributed by atoms with Crippen LogP contribution in [0.3, 0.4) is 0 Å². The fraction of sp³-hybridized carbons (Fsp3) is 0.105. The number of aryl methyl sites for hydroxylation is 1. The molecule has 3 heterocycles. The van der Waals surface area contributed by atoms with Crippen molar-refractivity contribution in [1.29, 1.82) is 0 Å². The topological polar surface area (TPSA) is 58.9 Å². The van der Waals surface area contributed by atoms with Crippen molar-refractivity contribution in [2.45, 2.75) is 17.8 Å². The van der Waals surface area contributed by atoms with E-state index in [1.54, 1.807) is 12.1 Å². The fourth-order valence-corrected chi connectivity index (χ4v) is 3.25. The predicted octanol–water partition coefficient (Wildman–Crippen LogP) is 4.36. The van der Waals surface area contributed by atoms with Crippen LogP contribution in [0.1, 0.15) is 22.6 Å². The molecular formula is C19H16FN5S. The average Bonchev–Trinajstić information content (AvgIpc) is 3.27. The molecule has 0 aliphatic rings. The Morgan fingerprint density at radius 1 is 1.15 bits per heavy atom. The summed E-state index contributed by atoms with van der Waals surface area (Å²) in [6.07, 6.45) is 7.70. The summed E-state index contributed by atoms with van der Waals surface area (Å²) in [6, 6.07) is 10.3. The van der Waals surface area contributed by atoms with Gasteiger partial charge in [-0.25, -0.2) is 14.4 Å². The first-order chi connectivity index (χ1) is 12.7. The number of nitrogens with zero attached hydrogens (tertiary/aromatic N) is 4. The maximum Gasteiger partial charge on any atom is 0.209 e. The highest BCUT2D eigenvalue weighted by Crippen LogP contribution is 2.20. The van der Waals surface area contributed by atoms with E-state index in [2.05, 4.69) is 20.2 Å². The molecule has 0 atom stereocenters. The van der Waals surface area contributed by atoms with E-state index in [1.165, 1.54) is 23.9 Å². The van der Waals surface area contributed by atoms with Gasteiger partial charge in [-0.15, -0.1) is 5.10 Å². The number of thioether (sulfide) groups is 1. The van der Waals surface area contributed by atoms with Gasteiger partial charge in [-0.3, -0.25) is 5.10 Å². The number of hydrogen-bond donors (Lipinski definition) is 1. The Balaban J connectivity index is 1.41. The van der Waals surface area contributed by atoms with Gasteiger partial charge in [0.15, 0.2) is 0 Å². The SMILES string of the molecule is Cc1cccn2cc(CSc3n[nH]c(C=Cc4ccc(F)cc4)n3)nc12. The summed E-state index contributed by atoms with van der Waals surface area (Å²) in [5, 5.41) is 7.77. The molecule has 1 aromatic carbocycles. The van der Waals surface area contributed by atoms with Crippen LogP contribution in [0.5, 0.6) is 0 Å². The number of pyridine rings is 1. The number of aromatic amines is 1. The third kappa shape index (κ3) is 3.67. The zero-order valence-corrected chi connectivity index (χ0v) is 14.9. The first-order valence-corrected chi connectivity index (χ1v) is 9.08. The largest absolute Gasteiger partial charge is 0.307 e. The number of halogens is 1. The molecule has 0 radical (unpaired) electrons. The molecule has 0 aliphatic heterocycles. The van der Waals surface area contributed by atoms with E-state index in [1.807, 2.05) is 48.0 Å². The summed E-state index contributed by atoms with van der Waals surface area (Å²) in [6.45, 7) is 2.05. The number of nitrogens with one attached hydrogen (secondary N) is 1. The second-order valence-electron chi connectivity index (χ2n) is 5.83. The summed E-state index contributed by atoms with van der Waals surface area (Å²) in [5.74, 6) is 1.10. The second-order valence-corrected chi connectivity index (χ2v) is 6.77. The summed E-state index contributed by atoms with van der Waals surface area (Å²) in [5.41, 5.74) is 4.01. The number of fused-ring (bicyclic) bond motifs is 1. The molecule has 7 heteroatoms. The van der Waals surface area contributed by atoms with E-state index >= 15 is 0 Å². The van der Waals surface area contributed by atoms with Crippen molar-refractivity contribution in [2.24, 2.45) is 0 Å². The van der Waals surface area contributed by atoms with Crippen molar-refractivity contribution in [3.05, 3.63) is 77.3 Å². The number of aromatic nitrogens is 5. The van der Waals surface area contributed by atoms with Gasteiger partial charge in [-0.1, -0.05) is 36.0 Å². The zero-order valence-electron chi connectivity index (χ0n) is 14.1. The minimum atomic E-state index is -0.248. The van der Waals surface area contributed by atoms with Crippen molar-refractivity contribution < 1.29 is 4.39 Å². The third-order valence-corrected chi connectivity index (χ3v) is 4.74. The Morgan fingerprint density at radius 2 is 2.00 bits per heavy atom. The van der Waals surface area contributed by atoms with Crippen LogP contribution in [0, 0.1) is 12.7 Å². The first-order valence-electron chi connectivity index (χ1n) is 8.09. The molecule has 130 valence electrons. The van der Waals surface area contributed by atoms with Crippen LogP contribution in [-0.2, 0) is 5.75 Å². The van der Waals surface area contributed by atoms with Crippen LogP contribution in [0.25, 0.3) is 17.8 Å². The van der Waals surface area contributed by atoms with E-state index < -0.39 is 0 Å². The quantitative estimate of drug-likeness (QED) is 0.534. The Labute approximate surface area is 154 Å². The summed E-state index contributed by atoms with van der Waals surface area (Å²) in [7, 11) is 0. The monoisotopic (exact) mass is 365 g/mol. The summed E-state index contributed by atoms with van der Waals surface area (Å²) >= 11 is 1.53. The molecule has 0 aliphatic carbocycles. The molecule has 0 saturated heterocycles. The molecular weight excluding hydrogens is 349 g/mol. The van der Waals surface area contributed by atoms with Crippen LogP contribution >= 0.6 is 11.8 Å². The highest BCUT2D eigenvalue weighted by molar-refractivity contribution is 7.98. The van der Waals surface area contributed by atoms with Gasteiger partial charge in [0.1, 0.15) is 17.3 Å². The molecule has 0 saturated carbocycles. The molecule has 0 unspecified atom stereocenters. The summed E-state index contributed by atoms with van der Waals surface area (Å²) < 4.78 is 14.9. The number of imidazole rings is 1. The van der Waals surface area contributed by atoms with Gasteiger partial charge in [0.05, 0.1) is 5.69 Å². The van der Waals surface area contributed by atoms with Crippen LogP contribution in [0.2, 0.25) is 0 Å². The average molecular weight is 365 g/mol. The van der Waals surface area contributed by atoms with Crippen molar-refractivity contribution in [2.75, 3.05) is 0 Å². The van der Waals surface area contributed by atoms with Crippen molar-refractivity contribution >= 4 is 29.6 Å². The molecule has 4 aromatic rings.